The lowest BCUT2D eigenvalue weighted by atomic mass is 9.87. The molecule has 0 aliphatic carbocycles. The van der Waals surface area contributed by atoms with Crippen LogP contribution < -0.4 is 0 Å². The molecule has 0 radical (unpaired) electrons. The first-order valence-corrected chi connectivity index (χ1v) is 14.5. The lowest BCUT2D eigenvalue weighted by Gasteiger charge is -2.37. The Kier molecular flexibility index (Phi) is 8.67. The van der Waals surface area contributed by atoms with Gasteiger partial charge in [-0.3, -0.25) is 4.79 Å². The summed E-state index contributed by atoms with van der Waals surface area (Å²) in [5.74, 6) is 0.610. The third-order valence-electron chi connectivity index (χ3n) is 7.84. The Morgan fingerprint density at radius 2 is 1.74 bits per heavy atom. The number of likely N-dealkylation sites (tertiary alicyclic amines) is 2. The SMILES string of the molecule is CCO/N=C(\c1ccc(Br)cc1)C1CCN(CC2CCN(C(=O)c3cc(O)c4cccc(O)c4n3)CC2)CC1. The van der Waals surface area contributed by atoms with Gasteiger partial charge in [0, 0.05) is 41.5 Å². The van der Waals surface area contributed by atoms with Crippen molar-refractivity contribution in [3.8, 4) is 11.5 Å². The zero-order chi connectivity index (χ0) is 27.4. The number of rotatable bonds is 7. The highest BCUT2D eigenvalue weighted by atomic mass is 79.9. The maximum Gasteiger partial charge on any atom is 0.272 e. The van der Waals surface area contributed by atoms with Crippen molar-refractivity contribution in [1.29, 1.82) is 0 Å². The van der Waals surface area contributed by atoms with Crippen LogP contribution in [-0.2, 0) is 4.84 Å². The first-order valence-electron chi connectivity index (χ1n) is 13.7. The lowest BCUT2D eigenvalue weighted by molar-refractivity contribution is 0.0651. The van der Waals surface area contributed by atoms with Crippen molar-refractivity contribution in [2.45, 2.75) is 32.6 Å². The molecule has 2 saturated heterocycles. The number of carbonyl (C=O) groups excluding carboxylic acids is 1. The summed E-state index contributed by atoms with van der Waals surface area (Å²) in [6.45, 7) is 6.92. The van der Waals surface area contributed by atoms with Gasteiger partial charge in [0.05, 0.1) is 5.71 Å². The second-order valence-electron chi connectivity index (χ2n) is 10.4. The summed E-state index contributed by atoms with van der Waals surface area (Å²) in [5, 5.41) is 25.4. The number of amides is 1. The van der Waals surface area contributed by atoms with Crippen molar-refractivity contribution in [1.82, 2.24) is 14.8 Å². The molecular weight excluding hydrogens is 560 g/mol. The highest BCUT2D eigenvalue weighted by Gasteiger charge is 2.29. The van der Waals surface area contributed by atoms with Crippen LogP contribution in [0.15, 0.2) is 58.2 Å². The van der Waals surface area contributed by atoms with Gasteiger partial charge in [-0.1, -0.05) is 39.3 Å². The van der Waals surface area contributed by atoms with Crippen LogP contribution in [-0.4, -0.2) is 75.9 Å². The van der Waals surface area contributed by atoms with E-state index in [0.717, 1.165) is 61.1 Å². The van der Waals surface area contributed by atoms with E-state index in [2.05, 4.69) is 43.1 Å². The summed E-state index contributed by atoms with van der Waals surface area (Å²) in [5.41, 5.74) is 2.56. The van der Waals surface area contributed by atoms with E-state index in [1.54, 1.807) is 12.1 Å². The van der Waals surface area contributed by atoms with Crippen LogP contribution in [0.3, 0.4) is 0 Å². The van der Waals surface area contributed by atoms with Gasteiger partial charge in [-0.2, -0.15) is 0 Å². The van der Waals surface area contributed by atoms with Gasteiger partial charge in [0.1, 0.15) is 29.3 Å². The average Bonchev–Trinajstić information content (AvgIpc) is 2.95. The fourth-order valence-corrected chi connectivity index (χ4v) is 5.94. The van der Waals surface area contributed by atoms with Crippen LogP contribution in [0.25, 0.3) is 10.9 Å². The van der Waals surface area contributed by atoms with E-state index in [4.69, 9.17) is 4.84 Å². The van der Waals surface area contributed by atoms with Crippen molar-refractivity contribution in [2.75, 3.05) is 39.3 Å². The number of piperidine rings is 2. The van der Waals surface area contributed by atoms with Gasteiger partial charge in [0.25, 0.3) is 5.91 Å². The molecule has 3 aromatic rings. The number of aromatic nitrogens is 1. The smallest absolute Gasteiger partial charge is 0.272 e. The fraction of sp³-hybridized carbons (Fsp3) is 0.433. The minimum Gasteiger partial charge on any atom is -0.507 e. The number of hydrogen-bond donors (Lipinski definition) is 2. The van der Waals surface area contributed by atoms with Crippen LogP contribution in [0.5, 0.6) is 11.5 Å². The molecule has 2 aliphatic heterocycles. The molecule has 8 nitrogen and oxygen atoms in total. The molecule has 1 aromatic heterocycles. The number of carbonyl (C=O) groups is 1. The van der Waals surface area contributed by atoms with Gasteiger partial charge in [0.2, 0.25) is 0 Å². The molecule has 5 rings (SSSR count). The quantitative estimate of drug-likeness (QED) is 0.280. The van der Waals surface area contributed by atoms with E-state index in [0.29, 0.717) is 36.9 Å². The molecule has 1 amide bonds. The van der Waals surface area contributed by atoms with Gasteiger partial charge >= 0.3 is 0 Å². The zero-order valence-corrected chi connectivity index (χ0v) is 23.8. The second-order valence-corrected chi connectivity index (χ2v) is 11.3. The summed E-state index contributed by atoms with van der Waals surface area (Å²) in [6, 6.07) is 14.5. The Morgan fingerprint density at radius 3 is 2.44 bits per heavy atom. The number of halogens is 1. The van der Waals surface area contributed by atoms with Crippen molar-refractivity contribution in [3.05, 3.63) is 64.3 Å². The fourth-order valence-electron chi connectivity index (χ4n) is 5.68. The zero-order valence-electron chi connectivity index (χ0n) is 22.2. The van der Waals surface area contributed by atoms with Crippen molar-refractivity contribution < 1.29 is 19.8 Å². The number of phenols is 1. The first kappa shape index (κ1) is 27.4. The number of phenolic OH excluding ortho intramolecular Hbond substituents is 1. The first-order chi connectivity index (χ1) is 18.9. The molecule has 2 N–H and O–H groups in total. The Bertz CT molecular complexity index is 1330. The van der Waals surface area contributed by atoms with E-state index in [-0.39, 0.29) is 28.6 Å². The maximum atomic E-state index is 13.2. The van der Waals surface area contributed by atoms with E-state index >= 15 is 0 Å². The summed E-state index contributed by atoms with van der Waals surface area (Å²) < 4.78 is 1.05. The highest BCUT2D eigenvalue weighted by Crippen LogP contribution is 2.31. The van der Waals surface area contributed by atoms with Crippen LogP contribution in [0.2, 0.25) is 0 Å². The van der Waals surface area contributed by atoms with Crippen molar-refractivity contribution in [2.24, 2.45) is 17.0 Å². The molecule has 0 atom stereocenters. The number of pyridine rings is 1. The standard InChI is InChI=1S/C30H35BrN4O4/c1-2-39-33-28(21-6-8-23(31)9-7-21)22-12-14-34(15-13-22)19-20-10-16-35(17-11-20)30(38)25-18-27(37)24-4-3-5-26(36)29(24)32-25/h3-9,18,20,22,36H,2,10-17,19H2,1H3,(H,32,37)/b33-28+. The minimum absolute atomic E-state index is 0.0481. The molecule has 0 spiro atoms. The van der Waals surface area contributed by atoms with E-state index in [1.165, 1.54) is 12.1 Å². The molecule has 2 aromatic carbocycles. The number of fused-ring (bicyclic) bond motifs is 1. The van der Waals surface area contributed by atoms with E-state index < -0.39 is 0 Å². The average molecular weight is 596 g/mol. The topological polar surface area (TPSA) is 98.5 Å². The molecule has 2 aliphatic rings. The molecule has 206 valence electrons. The molecule has 9 heteroatoms. The van der Waals surface area contributed by atoms with E-state index in [1.807, 2.05) is 24.0 Å². The third-order valence-corrected chi connectivity index (χ3v) is 8.37. The predicted octanol–water partition coefficient (Wildman–Crippen LogP) is 5.41. The normalized spacial score (nSPS) is 18.0. The second kappa shape index (κ2) is 12.3. The third kappa shape index (κ3) is 6.36. The number of oxime groups is 1. The Morgan fingerprint density at radius 1 is 1.03 bits per heavy atom. The molecule has 3 heterocycles. The number of aromatic hydroxyl groups is 2. The lowest BCUT2D eigenvalue weighted by Crippen LogP contribution is -2.44. The monoisotopic (exact) mass is 594 g/mol. The van der Waals surface area contributed by atoms with Gasteiger partial charge < -0.3 is 24.9 Å². The van der Waals surface area contributed by atoms with Crippen LogP contribution >= 0.6 is 15.9 Å². The highest BCUT2D eigenvalue weighted by molar-refractivity contribution is 9.10. The largest absolute Gasteiger partial charge is 0.507 e. The number of nitrogens with zero attached hydrogens (tertiary/aromatic N) is 4. The van der Waals surface area contributed by atoms with E-state index in [9.17, 15) is 15.0 Å². The minimum atomic E-state index is -0.205. The number of para-hydroxylation sites is 1. The molecule has 0 saturated carbocycles. The molecule has 0 bridgehead atoms. The van der Waals surface area contributed by atoms with Crippen LogP contribution in [0.4, 0.5) is 0 Å². The van der Waals surface area contributed by atoms with Gasteiger partial charge in [-0.15, -0.1) is 0 Å². The molecular formula is C30H35BrN4O4. The van der Waals surface area contributed by atoms with Gasteiger partial charge in [0.15, 0.2) is 0 Å². The van der Waals surface area contributed by atoms with Crippen LogP contribution in [0, 0.1) is 11.8 Å². The molecule has 0 unspecified atom stereocenters. The Hall–Kier alpha value is -3.17. The van der Waals surface area contributed by atoms with Gasteiger partial charge in [-0.05, 0) is 81.4 Å². The summed E-state index contributed by atoms with van der Waals surface area (Å²) >= 11 is 3.51. The van der Waals surface area contributed by atoms with Crippen molar-refractivity contribution in [3.63, 3.8) is 0 Å². The number of benzene rings is 2. The molecule has 39 heavy (non-hydrogen) atoms. The van der Waals surface area contributed by atoms with Crippen LogP contribution in [0.1, 0.15) is 48.7 Å². The Labute approximate surface area is 237 Å². The Balaban J connectivity index is 1.14. The summed E-state index contributed by atoms with van der Waals surface area (Å²) in [4.78, 5) is 27.3. The summed E-state index contributed by atoms with van der Waals surface area (Å²) in [7, 11) is 0. The number of hydrogen-bond acceptors (Lipinski definition) is 7. The maximum absolute atomic E-state index is 13.2. The van der Waals surface area contributed by atoms with Crippen molar-refractivity contribution >= 4 is 38.5 Å². The predicted molar refractivity (Wildman–Crippen MR) is 155 cm³/mol. The summed E-state index contributed by atoms with van der Waals surface area (Å²) in [6.07, 6.45) is 3.96. The molecule has 2 fully saturated rings. The van der Waals surface area contributed by atoms with Gasteiger partial charge in [-0.25, -0.2) is 4.98 Å².